The summed E-state index contributed by atoms with van der Waals surface area (Å²) in [7, 11) is -3.28. The largest absolute Gasteiger partial charge is 0.386 e. The molecule has 226 valence electrons. The second kappa shape index (κ2) is 11.6. The number of fused-ring (bicyclic) bond motifs is 2. The Morgan fingerprint density at radius 1 is 1.10 bits per heavy atom. The van der Waals surface area contributed by atoms with Gasteiger partial charge in [-0.2, -0.15) is 4.98 Å². The Morgan fingerprint density at radius 2 is 1.86 bits per heavy atom. The number of rotatable bonds is 10. The second-order valence-corrected chi connectivity index (χ2v) is 13.2. The zero-order chi connectivity index (χ0) is 29.6. The molecule has 6 heterocycles. The minimum atomic E-state index is -3.99. The molecular weight excluding hydrogens is 618 g/mol. The summed E-state index contributed by atoms with van der Waals surface area (Å²) >= 11 is 4.13. The molecule has 2 saturated heterocycles. The first kappa shape index (κ1) is 29.2. The lowest BCUT2D eigenvalue weighted by Gasteiger charge is -2.22. The van der Waals surface area contributed by atoms with Crippen molar-refractivity contribution in [1.29, 1.82) is 0 Å². The smallest absolute Gasteiger partial charge is 0.382 e. The highest BCUT2D eigenvalue weighted by Gasteiger charge is 2.42. The maximum atomic E-state index is 13.2. The van der Waals surface area contributed by atoms with Gasteiger partial charge in [0.25, 0.3) is 5.56 Å². The van der Waals surface area contributed by atoms with E-state index in [0.29, 0.717) is 24.0 Å². The Kier molecular flexibility index (Phi) is 8.07. The Bertz CT molecular complexity index is 1750. The summed E-state index contributed by atoms with van der Waals surface area (Å²) in [4.78, 5) is 44.2. The molecule has 2 aliphatic rings. The molecule has 19 nitrogen and oxygen atoms in total. The molecule has 7 atom stereocenters. The molecule has 2 fully saturated rings. The molecule has 4 aromatic heterocycles. The van der Waals surface area contributed by atoms with Crippen molar-refractivity contribution in [1.82, 2.24) is 39.0 Å². The molecule has 0 bridgehead atoms. The van der Waals surface area contributed by atoms with Crippen molar-refractivity contribution in [2.24, 2.45) is 0 Å². The van der Waals surface area contributed by atoms with Gasteiger partial charge in [-0.25, -0.2) is 24.5 Å². The zero-order valence-electron chi connectivity index (χ0n) is 21.5. The number of nitrogens with one attached hydrogen (secondary N) is 1. The molecular formula is C20H26N10O9P2S. The van der Waals surface area contributed by atoms with Crippen LogP contribution < -0.4 is 17.0 Å². The summed E-state index contributed by atoms with van der Waals surface area (Å²) < 4.78 is 55.9. The number of nitrogens with two attached hydrogens (primary N) is 2. The van der Waals surface area contributed by atoms with Gasteiger partial charge in [0, 0.05) is 6.42 Å². The molecule has 0 aliphatic carbocycles. The molecule has 0 radical (unpaired) electrons. The van der Waals surface area contributed by atoms with Crippen molar-refractivity contribution in [2.45, 2.75) is 50.0 Å². The maximum absolute atomic E-state index is 13.2. The van der Waals surface area contributed by atoms with Crippen molar-refractivity contribution < 1.29 is 37.1 Å². The molecule has 22 heteroatoms. The number of aromatic amines is 1. The predicted octanol–water partition coefficient (Wildman–Crippen LogP) is 0.927. The van der Waals surface area contributed by atoms with E-state index >= 15 is 0 Å². The first-order chi connectivity index (χ1) is 20.1. The molecule has 0 saturated carbocycles. The average molecular weight is 645 g/mol. The topological polar surface area (TPSA) is 260 Å². The van der Waals surface area contributed by atoms with Crippen LogP contribution in [0.1, 0.15) is 31.7 Å². The van der Waals surface area contributed by atoms with E-state index in [2.05, 4.69) is 42.2 Å². The van der Waals surface area contributed by atoms with Gasteiger partial charge in [0.2, 0.25) is 5.95 Å². The first-order valence-electron chi connectivity index (χ1n) is 12.6. The molecule has 4 aromatic rings. The van der Waals surface area contributed by atoms with Gasteiger partial charge in [-0.3, -0.25) is 32.5 Å². The van der Waals surface area contributed by atoms with E-state index in [1.54, 1.807) is 9.13 Å². The third-order valence-electron chi connectivity index (χ3n) is 6.79. The van der Waals surface area contributed by atoms with E-state index in [0.717, 1.165) is 0 Å². The third-order valence-corrected chi connectivity index (χ3v) is 8.84. The Labute approximate surface area is 241 Å². The van der Waals surface area contributed by atoms with Crippen molar-refractivity contribution in [3.63, 3.8) is 0 Å². The normalized spacial score (nSPS) is 26.7. The summed E-state index contributed by atoms with van der Waals surface area (Å²) in [6, 6.07) is 0. The number of H-pyrrole nitrogens is 1. The fourth-order valence-electron chi connectivity index (χ4n) is 4.91. The predicted molar refractivity (Wildman–Crippen MR) is 149 cm³/mol. The molecule has 0 amide bonds. The number of anilines is 2. The third kappa shape index (κ3) is 5.95. The van der Waals surface area contributed by atoms with Gasteiger partial charge in [0.05, 0.1) is 32.0 Å². The number of nitrogen functional groups attached to an aromatic ring is 2. The van der Waals surface area contributed by atoms with E-state index in [1.807, 2.05) is 0 Å². The van der Waals surface area contributed by atoms with Crippen molar-refractivity contribution in [3.8, 4) is 0 Å². The van der Waals surface area contributed by atoms with Gasteiger partial charge < -0.3 is 30.4 Å². The van der Waals surface area contributed by atoms with Crippen LogP contribution in [0, 0.1) is 0 Å². The van der Waals surface area contributed by atoms with Crippen LogP contribution in [0.3, 0.4) is 0 Å². The lowest BCUT2D eigenvalue weighted by Crippen LogP contribution is -2.27. The zero-order valence-corrected chi connectivity index (χ0v) is 24.3. The van der Waals surface area contributed by atoms with Gasteiger partial charge in [-0.05, 0) is 12.8 Å². The Morgan fingerprint density at radius 3 is 2.64 bits per heavy atom. The van der Waals surface area contributed by atoms with E-state index in [4.69, 9.17) is 34.5 Å². The average Bonchev–Trinajstić information content (AvgIpc) is 3.71. The number of hydrogen-bond donors (Lipinski definition) is 5. The Hall–Kier alpha value is -2.93. The van der Waals surface area contributed by atoms with Crippen LogP contribution in [0.2, 0.25) is 0 Å². The number of ether oxygens (including phenoxy) is 2. The van der Waals surface area contributed by atoms with Gasteiger partial charge in [0.1, 0.15) is 36.5 Å². The van der Waals surface area contributed by atoms with Crippen LogP contribution in [-0.4, -0.2) is 75.5 Å². The van der Waals surface area contributed by atoms with Gasteiger partial charge in [0.15, 0.2) is 22.6 Å². The minimum Gasteiger partial charge on any atom is -0.382 e. The highest BCUT2D eigenvalue weighted by Crippen LogP contribution is 2.56. The number of aromatic nitrogens is 8. The Balaban J connectivity index is 1.10. The molecule has 2 aliphatic heterocycles. The van der Waals surface area contributed by atoms with Crippen molar-refractivity contribution in [2.75, 3.05) is 24.7 Å². The van der Waals surface area contributed by atoms with Crippen LogP contribution in [0.5, 0.6) is 0 Å². The number of imidazole rings is 2. The highest BCUT2D eigenvalue weighted by molar-refractivity contribution is 8.44. The summed E-state index contributed by atoms with van der Waals surface area (Å²) in [6.45, 7) is -4.43. The summed E-state index contributed by atoms with van der Waals surface area (Å²) in [5.74, 6) is 0.135. The maximum Gasteiger partial charge on any atom is 0.386 e. The molecule has 0 spiro atoms. The molecule has 42 heavy (non-hydrogen) atoms. The van der Waals surface area contributed by atoms with E-state index in [-0.39, 0.29) is 42.6 Å². The lowest BCUT2D eigenvalue weighted by atomic mass is 10.2. The van der Waals surface area contributed by atoms with Crippen molar-refractivity contribution in [3.05, 3.63) is 29.3 Å². The quantitative estimate of drug-likeness (QED) is 0.119. The van der Waals surface area contributed by atoms with Crippen LogP contribution in [0.25, 0.3) is 22.3 Å². The van der Waals surface area contributed by atoms with Gasteiger partial charge >= 0.3 is 15.1 Å². The minimum absolute atomic E-state index is 0.0489. The lowest BCUT2D eigenvalue weighted by molar-refractivity contribution is -0.0386. The second-order valence-electron chi connectivity index (χ2n) is 9.50. The number of thiol groups is 1. The van der Waals surface area contributed by atoms with Crippen LogP contribution in [-0.2, 0) is 32.2 Å². The standard InChI is InChI=1S/C20H26N10O9P2S/c21-16-14-17(24-6-23-16)30(7-25-14)13-3-10(11(38-13)5-35-40(32)33)39-41(34,42)36-4-9-1-2-12(37-9)29-8-26-15-18(29)27-20(22)28-19(15)31/h6-13,40H,1-5H2,(H,32,33)(H,34,42)(H2,21,23,24)(H3,22,27,28,31)/t9-,10-,11+,12+,13+,41?/m0/s1. The molecule has 6 N–H and O–H groups in total. The molecule has 0 aromatic carbocycles. The summed E-state index contributed by atoms with van der Waals surface area (Å²) in [6.07, 6.45) is 1.88. The van der Waals surface area contributed by atoms with Crippen LogP contribution >= 0.6 is 27.3 Å². The summed E-state index contributed by atoms with van der Waals surface area (Å²) in [5.41, 5.74) is 12.3. The fourth-order valence-corrected chi connectivity index (χ4v) is 6.76. The van der Waals surface area contributed by atoms with Crippen LogP contribution in [0.4, 0.5) is 11.8 Å². The van der Waals surface area contributed by atoms with Gasteiger partial charge in [-0.1, -0.05) is 12.2 Å². The number of nitrogens with zero attached hydrogens (tertiary/aromatic N) is 7. The van der Waals surface area contributed by atoms with Crippen molar-refractivity contribution >= 4 is 61.4 Å². The summed E-state index contributed by atoms with van der Waals surface area (Å²) in [5, 5.41) is 0. The van der Waals surface area contributed by atoms with E-state index in [9.17, 15) is 18.8 Å². The van der Waals surface area contributed by atoms with E-state index < -0.39 is 51.4 Å². The van der Waals surface area contributed by atoms with Gasteiger partial charge in [-0.15, -0.1) is 0 Å². The monoisotopic (exact) mass is 644 g/mol. The SMILES string of the molecule is Nc1nc2c(ncn2[C@H]2CC[C@@H](COP(=O)(S)O[C@H]3C[C@H](n4cnc5c(N)ncnc54)O[C@@H]3CO[PH](=O)O)O2)c(=O)[nH]1. The van der Waals surface area contributed by atoms with E-state index in [1.165, 1.54) is 19.0 Å². The molecule has 6 rings (SSSR count). The highest BCUT2D eigenvalue weighted by atomic mass is 32.7. The molecule has 2 unspecified atom stereocenters. The van der Waals surface area contributed by atoms with Crippen LogP contribution in [0.15, 0.2) is 23.8 Å². The number of hydrogen-bond acceptors (Lipinski definition) is 15. The fraction of sp³-hybridized carbons (Fsp3) is 0.500. The first-order valence-corrected chi connectivity index (χ1v) is 16.5.